The van der Waals surface area contributed by atoms with Gasteiger partial charge in [0.05, 0.1) is 0 Å². The summed E-state index contributed by atoms with van der Waals surface area (Å²) in [6.45, 7) is 2.05. The molecule has 1 saturated heterocycles. The van der Waals surface area contributed by atoms with E-state index in [0.717, 1.165) is 12.1 Å². The van der Waals surface area contributed by atoms with Crippen LogP contribution in [0.2, 0.25) is 0 Å². The predicted molar refractivity (Wildman–Crippen MR) is 93.3 cm³/mol. The molecule has 4 rings (SSSR count). The van der Waals surface area contributed by atoms with E-state index in [1.165, 1.54) is 17.3 Å². The quantitative estimate of drug-likeness (QED) is 0.679. The Labute approximate surface area is 163 Å². The first-order valence-corrected chi connectivity index (χ1v) is 10.2. The van der Waals surface area contributed by atoms with Gasteiger partial charge in [0.1, 0.15) is 16.3 Å². The largest absolute Gasteiger partial charge is 0.458 e. The van der Waals surface area contributed by atoms with Crippen molar-refractivity contribution in [1.82, 2.24) is 19.7 Å². The third-order valence-corrected chi connectivity index (χ3v) is 6.85. The topological polar surface area (TPSA) is 105 Å². The number of furan rings is 1. The minimum Gasteiger partial charge on any atom is -0.458 e. The van der Waals surface area contributed by atoms with Gasteiger partial charge in [0.15, 0.2) is 5.76 Å². The predicted octanol–water partition coefficient (Wildman–Crippen LogP) is 3.55. The second-order valence-corrected chi connectivity index (χ2v) is 8.73. The molecular formula is C17H17F3N4O4S. The minimum absolute atomic E-state index is 0.0161. The number of nitrogens with zero attached hydrogens (tertiary/aromatic N) is 3. The molecule has 1 unspecified atom stereocenters. The van der Waals surface area contributed by atoms with Gasteiger partial charge in [-0.1, -0.05) is 5.16 Å². The van der Waals surface area contributed by atoms with Crippen LogP contribution in [0.4, 0.5) is 13.2 Å². The van der Waals surface area contributed by atoms with Crippen molar-refractivity contribution >= 4 is 10.0 Å². The maximum atomic E-state index is 13.1. The van der Waals surface area contributed by atoms with Crippen LogP contribution in [-0.4, -0.2) is 41.2 Å². The van der Waals surface area contributed by atoms with Crippen LogP contribution < -0.4 is 0 Å². The fourth-order valence-electron chi connectivity index (χ4n) is 3.42. The van der Waals surface area contributed by atoms with E-state index in [4.69, 9.17) is 4.42 Å². The van der Waals surface area contributed by atoms with E-state index >= 15 is 0 Å². The van der Waals surface area contributed by atoms with E-state index in [9.17, 15) is 21.6 Å². The molecule has 0 amide bonds. The zero-order chi connectivity index (χ0) is 20.8. The van der Waals surface area contributed by atoms with Crippen LogP contribution in [0, 0.1) is 6.92 Å². The molecule has 1 aliphatic rings. The fraction of sp³-hybridized carbons (Fsp3) is 0.412. The van der Waals surface area contributed by atoms with Crippen LogP contribution in [0.25, 0.3) is 11.5 Å². The number of rotatable bonds is 4. The third kappa shape index (κ3) is 3.69. The number of aryl methyl sites for hydroxylation is 1. The molecule has 1 aliphatic heterocycles. The molecule has 4 heterocycles. The summed E-state index contributed by atoms with van der Waals surface area (Å²) in [6, 6.07) is 3.66. The number of hydrogen-bond acceptors (Lipinski definition) is 6. The van der Waals surface area contributed by atoms with Crippen LogP contribution in [0.5, 0.6) is 0 Å². The molecule has 1 atom stereocenters. The zero-order valence-electron chi connectivity index (χ0n) is 15.2. The lowest BCUT2D eigenvalue weighted by molar-refractivity contribution is -0.155. The summed E-state index contributed by atoms with van der Waals surface area (Å²) in [4.78, 5) is -0.102. The first-order chi connectivity index (χ1) is 13.7. The smallest absolute Gasteiger partial charge is 0.452 e. The van der Waals surface area contributed by atoms with E-state index in [-0.39, 0.29) is 34.6 Å². The maximum absolute atomic E-state index is 13.1. The van der Waals surface area contributed by atoms with Gasteiger partial charge < -0.3 is 8.94 Å². The van der Waals surface area contributed by atoms with E-state index < -0.39 is 22.0 Å². The monoisotopic (exact) mass is 430 g/mol. The Morgan fingerprint density at radius 1 is 1.31 bits per heavy atom. The van der Waals surface area contributed by atoms with E-state index in [1.807, 2.05) is 6.07 Å². The summed E-state index contributed by atoms with van der Waals surface area (Å²) in [5, 5.41) is 10.1. The first kappa shape index (κ1) is 19.7. The molecule has 0 spiro atoms. The molecule has 0 aromatic carbocycles. The molecule has 12 heteroatoms. The number of alkyl halides is 3. The summed E-state index contributed by atoms with van der Waals surface area (Å²) < 4.78 is 75.5. The lowest BCUT2D eigenvalue weighted by Crippen LogP contribution is -2.39. The lowest BCUT2D eigenvalue weighted by atomic mass is 9.96. The van der Waals surface area contributed by atoms with Crippen LogP contribution in [0.15, 0.2) is 38.2 Å². The van der Waals surface area contributed by atoms with Gasteiger partial charge in [-0.25, -0.2) is 8.42 Å². The van der Waals surface area contributed by atoms with Crippen molar-refractivity contribution in [3.8, 4) is 11.5 Å². The van der Waals surface area contributed by atoms with E-state index in [2.05, 4.69) is 19.9 Å². The highest BCUT2D eigenvalue weighted by molar-refractivity contribution is 7.89. The Bertz CT molecular complexity index is 1100. The Morgan fingerprint density at radius 3 is 2.76 bits per heavy atom. The molecule has 3 aromatic rings. The first-order valence-electron chi connectivity index (χ1n) is 8.80. The van der Waals surface area contributed by atoms with Crippen molar-refractivity contribution < 1.29 is 30.5 Å². The van der Waals surface area contributed by atoms with Crippen LogP contribution in [0.3, 0.4) is 0 Å². The molecule has 156 valence electrons. The number of hydrogen-bond donors (Lipinski definition) is 1. The summed E-state index contributed by atoms with van der Waals surface area (Å²) in [5.74, 6) is -1.34. The molecule has 3 aromatic heterocycles. The highest BCUT2D eigenvalue weighted by Crippen LogP contribution is 2.36. The van der Waals surface area contributed by atoms with Crippen molar-refractivity contribution in [3.05, 3.63) is 41.6 Å². The van der Waals surface area contributed by atoms with Gasteiger partial charge >= 0.3 is 6.18 Å². The minimum atomic E-state index is -4.70. The van der Waals surface area contributed by atoms with Gasteiger partial charge in [-0.3, -0.25) is 5.10 Å². The molecule has 0 saturated carbocycles. The van der Waals surface area contributed by atoms with Gasteiger partial charge in [0.2, 0.25) is 15.8 Å². The molecular weight excluding hydrogens is 413 g/mol. The van der Waals surface area contributed by atoms with Crippen molar-refractivity contribution in [3.63, 3.8) is 0 Å². The SMILES string of the molecule is Cc1oc(-c2cc(C(F)(F)F)on2)cc1S(=O)(=O)N1CCCC(c2ccn[nH]2)C1. The Morgan fingerprint density at radius 2 is 2.10 bits per heavy atom. The second-order valence-electron chi connectivity index (χ2n) is 6.82. The Balaban J connectivity index is 1.61. The van der Waals surface area contributed by atoms with Crippen molar-refractivity contribution in [2.45, 2.75) is 36.8 Å². The average molecular weight is 430 g/mol. The van der Waals surface area contributed by atoms with Gasteiger partial charge in [-0.15, -0.1) is 0 Å². The highest BCUT2D eigenvalue weighted by Gasteiger charge is 2.37. The van der Waals surface area contributed by atoms with Gasteiger partial charge in [-0.05, 0) is 25.8 Å². The maximum Gasteiger partial charge on any atom is 0.452 e. The molecule has 8 nitrogen and oxygen atoms in total. The van der Waals surface area contributed by atoms with Crippen molar-refractivity contribution in [2.75, 3.05) is 13.1 Å². The summed E-state index contributed by atoms with van der Waals surface area (Å²) >= 11 is 0. The van der Waals surface area contributed by atoms with Crippen LogP contribution >= 0.6 is 0 Å². The van der Waals surface area contributed by atoms with Crippen LogP contribution in [0.1, 0.15) is 36.0 Å². The zero-order valence-corrected chi connectivity index (χ0v) is 16.0. The number of sulfonamides is 1. The number of aromatic amines is 1. The fourth-order valence-corrected chi connectivity index (χ4v) is 5.11. The summed E-state index contributed by atoms with van der Waals surface area (Å²) in [5.41, 5.74) is 0.632. The number of aromatic nitrogens is 3. The third-order valence-electron chi connectivity index (χ3n) is 4.88. The average Bonchev–Trinajstić information content (AvgIpc) is 3.41. The molecule has 1 N–H and O–H groups in total. The van der Waals surface area contributed by atoms with Crippen molar-refractivity contribution in [2.24, 2.45) is 0 Å². The normalized spacial score (nSPS) is 19.0. The standard InChI is InChI=1S/C17H17F3N4O4S/c1-10-15(8-14(27-10)13-7-16(28-23-13)17(18,19)20)29(25,26)24-6-2-3-11(9-24)12-4-5-21-22-12/h4-5,7-8,11H,2-3,6,9H2,1H3,(H,21,22). The number of piperidine rings is 1. The van der Waals surface area contributed by atoms with Gasteiger partial charge in [-0.2, -0.15) is 22.6 Å². The molecule has 0 aliphatic carbocycles. The van der Waals surface area contributed by atoms with E-state index in [1.54, 1.807) is 6.20 Å². The van der Waals surface area contributed by atoms with Crippen LogP contribution in [-0.2, 0) is 16.2 Å². The van der Waals surface area contributed by atoms with Crippen molar-refractivity contribution in [1.29, 1.82) is 0 Å². The Hall–Kier alpha value is -2.60. The Kier molecular flexibility index (Phi) is 4.77. The summed E-state index contributed by atoms with van der Waals surface area (Å²) in [6.07, 6.45) is -1.59. The molecule has 1 fully saturated rings. The highest BCUT2D eigenvalue weighted by atomic mass is 32.2. The second kappa shape index (κ2) is 7.02. The van der Waals surface area contributed by atoms with Gasteiger partial charge in [0, 0.05) is 43.0 Å². The molecule has 0 radical (unpaired) electrons. The van der Waals surface area contributed by atoms with Gasteiger partial charge in [0.25, 0.3) is 0 Å². The number of H-pyrrole nitrogens is 1. The lowest BCUT2D eigenvalue weighted by Gasteiger charge is -2.31. The number of nitrogens with one attached hydrogen (secondary N) is 1. The molecule has 0 bridgehead atoms. The summed E-state index contributed by atoms with van der Waals surface area (Å²) in [7, 11) is -3.90. The van der Waals surface area contributed by atoms with E-state index in [0.29, 0.717) is 19.0 Å². The molecule has 29 heavy (non-hydrogen) atoms. The number of halogens is 3.